The maximum Gasteiger partial charge on any atom is 0.206 e. The summed E-state index contributed by atoms with van der Waals surface area (Å²) in [5, 5.41) is 3.38. The molecule has 1 fully saturated rings. The molecular weight excluding hydrogens is 224 g/mol. The third kappa shape index (κ3) is 1.86. The van der Waals surface area contributed by atoms with Crippen LogP contribution in [0.4, 0.5) is 5.95 Å². The number of nitrogens with zero attached hydrogens (tertiary/aromatic N) is 3. The van der Waals surface area contributed by atoms with Crippen LogP contribution in [0.25, 0.3) is 11.0 Å². The minimum absolute atomic E-state index is 1.04. The number of anilines is 1. The zero-order valence-corrected chi connectivity index (χ0v) is 11.1. The summed E-state index contributed by atoms with van der Waals surface area (Å²) < 4.78 is 2.21. The zero-order chi connectivity index (χ0) is 12.5. The van der Waals surface area contributed by atoms with Crippen LogP contribution >= 0.6 is 0 Å². The molecule has 96 valence electrons. The molecule has 0 amide bonds. The predicted octanol–water partition coefficient (Wildman–Crippen LogP) is 1.55. The molecule has 1 N–H and O–H groups in total. The van der Waals surface area contributed by atoms with Crippen molar-refractivity contribution in [1.29, 1.82) is 0 Å². The molecule has 2 heterocycles. The summed E-state index contributed by atoms with van der Waals surface area (Å²) in [4.78, 5) is 7.17. The number of hydrogen-bond donors (Lipinski definition) is 1. The summed E-state index contributed by atoms with van der Waals surface area (Å²) >= 11 is 0. The first-order valence-corrected chi connectivity index (χ1v) is 6.70. The Kier molecular flexibility index (Phi) is 2.96. The van der Waals surface area contributed by atoms with Crippen LogP contribution in [0.5, 0.6) is 0 Å². The number of piperazine rings is 1. The van der Waals surface area contributed by atoms with E-state index in [2.05, 4.69) is 47.0 Å². The maximum absolute atomic E-state index is 4.81. The molecule has 1 aromatic heterocycles. The van der Waals surface area contributed by atoms with Crippen molar-refractivity contribution in [3.05, 3.63) is 23.8 Å². The van der Waals surface area contributed by atoms with E-state index in [1.807, 2.05) is 0 Å². The summed E-state index contributed by atoms with van der Waals surface area (Å²) in [5.41, 5.74) is 3.69. The number of nitrogens with one attached hydrogen (secondary N) is 1. The van der Waals surface area contributed by atoms with Gasteiger partial charge in [-0.1, -0.05) is 13.0 Å². The molecule has 4 nitrogen and oxygen atoms in total. The van der Waals surface area contributed by atoms with Crippen LogP contribution in [-0.4, -0.2) is 35.7 Å². The summed E-state index contributed by atoms with van der Waals surface area (Å²) in [7, 11) is 2.11. The number of hydrogen-bond acceptors (Lipinski definition) is 3. The van der Waals surface area contributed by atoms with Crippen LogP contribution in [0.15, 0.2) is 18.2 Å². The van der Waals surface area contributed by atoms with Crippen molar-refractivity contribution in [3.63, 3.8) is 0 Å². The summed E-state index contributed by atoms with van der Waals surface area (Å²) in [6.45, 7) is 6.35. The van der Waals surface area contributed by atoms with Gasteiger partial charge in [-0.2, -0.15) is 0 Å². The number of rotatable bonds is 2. The van der Waals surface area contributed by atoms with E-state index in [4.69, 9.17) is 4.98 Å². The van der Waals surface area contributed by atoms with Gasteiger partial charge in [-0.15, -0.1) is 0 Å². The lowest BCUT2D eigenvalue weighted by Crippen LogP contribution is -2.44. The predicted molar refractivity (Wildman–Crippen MR) is 75.2 cm³/mol. The Morgan fingerprint density at radius 2 is 2.06 bits per heavy atom. The topological polar surface area (TPSA) is 33.1 Å². The lowest BCUT2D eigenvalue weighted by Gasteiger charge is -2.28. The van der Waals surface area contributed by atoms with Crippen LogP contribution in [0.3, 0.4) is 0 Å². The van der Waals surface area contributed by atoms with Crippen molar-refractivity contribution in [2.75, 3.05) is 31.1 Å². The van der Waals surface area contributed by atoms with Crippen molar-refractivity contribution >= 4 is 17.0 Å². The van der Waals surface area contributed by atoms with Crippen LogP contribution in [-0.2, 0) is 13.5 Å². The maximum atomic E-state index is 4.81. The van der Waals surface area contributed by atoms with Crippen molar-refractivity contribution in [3.8, 4) is 0 Å². The Hall–Kier alpha value is -1.55. The molecule has 0 saturated carbocycles. The van der Waals surface area contributed by atoms with Crippen molar-refractivity contribution in [1.82, 2.24) is 14.9 Å². The van der Waals surface area contributed by atoms with Gasteiger partial charge in [0.25, 0.3) is 0 Å². The van der Waals surface area contributed by atoms with E-state index < -0.39 is 0 Å². The standard InChI is InChI=1S/C14H20N4/c1-3-11-4-5-13-12(10-11)16-14(17(13)2)18-8-6-15-7-9-18/h4-5,10,15H,3,6-9H2,1-2H3. The molecule has 0 bridgehead atoms. The molecule has 1 saturated heterocycles. The quantitative estimate of drug-likeness (QED) is 0.870. The lowest BCUT2D eigenvalue weighted by atomic mass is 10.1. The van der Waals surface area contributed by atoms with Gasteiger partial charge in [0.15, 0.2) is 0 Å². The second kappa shape index (κ2) is 4.61. The van der Waals surface area contributed by atoms with E-state index in [0.29, 0.717) is 0 Å². The molecule has 1 aliphatic rings. The van der Waals surface area contributed by atoms with Crippen LogP contribution in [0.2, 0.25) is 0 Å². The Bertz CT molecular complexity index is 552. The van der Waals surface area contributed by atoms with Crippen molar-refractivity contribution < 1.29 is 0 Å². The highest BCUT2D eigenvalue weighted by Crippen LogP contribution is 2.22. The van der Waals surface area contributed by atoms with Crippen molar-refractivity contribution in [2.24, 2.45) is 7.05 Å². The largest absolute Gasteiger partial charge is 0.340 e. The van der Waals surface area contributed by atoms with Crippen LogP contribution < -0.4 is 10.2 Å². The fourth-order valence-corrected chi connectivity index (χ4v) is 2.60. The molecule has 3 rings (SSSR count). The number of benzene rings is 1. The van der Waals surface area contributed by atoms with Gasteiger partial charge in [0.05, 0.1) is 11.0 Å². The Labute approximate surface area is 108 Å². The van der Waals surface area contributed by atoms with E-state index in [-0.39, 0.29) is 0 Å². The molecule has 1 aliphatic heterocycles. The SMILES string of the molecule is CCc1ccc2c(c1)nc(N1CCNCC1)n2C. The molecule has 0 radical (unpaired) electrons. The van der Waals surface area contributed by atoms with Gasteiger partial charge in [0.1, 0.15) is 0 Å². The van der Waals surface area contributed by atoms with Crippen LogP contribution in [0, 0.1) is 0 Å². The molecule has 0 aliphatic carbocycles. The second-order valence-corrected chi connectivity index (χ2v) is 4.88. The average Bonchev–Trinajstić information content (AvgIpc) is 2.76. The molecule has 1 aromatic carbocycles. The Balaban J connectivity index is 2.04. The van der Waals surface area contributed by atoms with Gasteiger partial charge in [-0.3, -0.25) is 0 Å². The normalized spacial score (nSPS) is 16.4. The monoisotopic (exact) mass is 244 g/mol. The third-order valence-corrected chi connectivity index (χ3v) is 3.73. The van der Waals surface area contributed by atoms with Gasteiger partial charge in [0.2, 0.25) is 5.95 Å². The smallest absolute Gasteiger partial charge is 0.206 e. The Morgan fingerprint density at radius 3 is 2.78 bits per heavy atom. The van der Waals surface area contributed by atoms with E-state index in [9.17, 15) is 0 Å². The number of aromatic nitrogens is 2. The fourth-order valence-electron chi connectivity index (χ4n) is 2.60. The average molecular weight is 244 g/mol. The minimum Gasteiger partial charge on any atom is -0.340 e. The molecule has 4 heteroatoms. The van der Waals surface area contributed by atoms with E-state index in [1.54, 1.807) is 0 Å². The summed E-state index contributed by atoms with van der Waals surface area (Å²) in [5.74, 6) is 1.10. The van der Waals surface area contributed by atoms with Gasteiger partial charge in [-0.05, 0) is 24.1 Å². The molecule has 0 atom stereocenters. The van der Waals surface area contributed by atoms with Gasteiger partial charge in [0, 0.05) is 33.2 Å². The highest BCUT2D eigenvalue weighted by Gasteiger charge is 2.16. The van der Waals surface area contributed by atoms with E-state index >= 15 is 0 Å². The Morgan fingerprint density at radius 1 is 1.28 bits per heavy atom. The van der Waals surface area contributed by atoms with Gasteiger partial charge < -0.3 is 14.8 Å². The number of aryl methyl sites for hydroxylation is 2. The fraction of sp³-hybridized carbons (Fsp3) is 0.500. The zero-order valence-electron chi connectivity index (χ0n) is 11.1. The molecule has 0 unspecified atom stereocenters. The first-order valence-electron chi connectivity index (χ1n) is 6.70. The van der Waals surface area contributed by atoms with Crippen LogP contribution in [0.1, 0.15) is 12.5 Å². The van der Waals surface area contributed by atoms with E-state index in [1.165, 1.54) is 11.1 Å². The van der Waals surface area contributed by atoms with Gasteiger partial charge >= 0.3 is 0 Å². The summed E-state index contributed by atoms with van der Waals surface area (Å²) in [6.07, 6.45) is 1.06. The lowest BCUT2D eigenvalue weighted by molar-refractivity contribution is 0.575. The molecule has 0 spiro atoms. The van der Waals surface area contributed by atoms with Gasteiger partial charge in [-0.25, -0.2) is 4.98 Å². The molecule has 2 aromatic rings. The first-order chi connectivity index (χ1) is 8.79. The minimum atomic E-state index is 1.04. The first kappa shape index (κ1) is 11.5. The van der Waals surface area contributed by atoms with E-state index in [0.717, 1.165) is 44.1 Å². The highest BCUT2D eigenvalue weighted by atomic mass is 15.3. The molecular formula is C14H20N4. The second-order valence-electron chi connectivity index (χ2n) is 4.88. The number of fused-ring (bicyclic) bond motifs is 1. The highest BCUT2D eigenvalue weighted by molar-refractivity contribution is 5.79. The molecule has 18 heavy (non-hydrogen) atoms. The third-order valence-electron chi connectivity index (χ3n) is 3.73. The summed E-state index contributed by atoms with van der Waals surface area (Å²) in [6, 6.07) is 6.60. The van der Waals surface area contributed by atoms with Crippen molar-refractivity contribution in [2.45, 2.75) is 13.3 Å². The number of imidazole rings is 1.